The van der Waals surface area contributed by atoms with Gasteiger partial charge in [0.05, 0.1) is 0 Å². The largest absolute Gasteiger partial charge is 0.508 e. The summed E-state index contributed by atoms with van der Waals surface area (Å²) in [5.74, 6) is -1.43. The second-order valence-corrected chi connectivity index (χ2v) is 12.7. The predicted octanol–water partition coefficient (Wildman–Crippen LogP) is 2.29. The van der Waals surface area contributed by atoms with Gasteiger partial charge in [0.1, 0.15) is 11.5 Å². The quantitative estimate of drug-likeness (QED) is 0.267. The third-order valence-electron chi connectivity index (χ3n) is 10.4. The monoisotopic (exact) mass is 584 g/mol. The molecule has 6 rings (SSSR count). The number of rotatable bonds is 3. The average Bonchev–Trinajstić information content (AvgIpc) is 2.93. The lowest BCUT2D eigenvalue weighted by atomic mass is 9.59. The van der Waals surface area contributed by atoms with Crippen molar-refractivity contribution in [1.82, 2.24) is 10.6 Å². The number of aliphatic carboxylic acids is 2. The summed E-state index contributed by atoms with van der Waals surface area (Å²) in [6.07, 6.45) is 0.0102. The van der Waals surface area contributed by atoms with Crippen LogP contribution in [-0.4, -0.2) is 80.0 Å². The zero-order valence-corrected chi connectivity index (χ0v) is 24.7. The van der Waals surface area contributed by atoms with Crippen LogP contribution in [0.4, 0.5) is 0 Å². The van der Waals surface area contributed by atoms with Crippen LogP contribution in [0.25, 0.3) is 0 Å². The topological polar surface area (TPSA) is 180 Å². The van der Waals surface area contributed by atoms with E-state index < -0.39 is 24.1 Å². The lowest BCUT2D eigenvalue weighted by Gasteiger charge is -2.50. The van der Waals surface area contributed by atoms with Crippen molar-refractivity contribution < 1.29 is 40.2 Å². The number of hydrogen-bond acceptors (Lipinski definition) is 8. The fourth-order valence-electron chi connectivity index (χ4n) is 7.28. The summed E-state index contributed by atoms with van der Waals surface area (Å²) in [6, 6.07) is 13.0. The Kier molecular flexibility index (Phi) is 9.22. The van der Waals surface area contributed by atoms with E-state index in [2.05, 4.69) is 50.5 Å². The van der Waals surface area contributed by atoms with Crippen molar-refractivity contribution in [1.29, 1.82) is 0 Å². The molecule has 0 spiro atoms. The van der Waals surface area contributed by atoms with Gasteiger partial charge in [0.2, 0.25) is 0 Å². The Morgan fingerprint density at radius 2 is 1.10 bits per heavy atom. The molecule has 0 saturated carbocycles. The van der Waals surface area contributed by atoms with E-state index in [-0.39, 0.29) is 10.8 Å². The highest BCUT2D eigenvalue weighted by molar-refractivity contribution is 5.83. The van der Waals surface area contributed by atoms with Crippen LogP contribution in [0.2, 0.25) is 0 Å². The van der Waals surface area contributed by atoms with Gasteiger partial charge in [0.15, 0.2) is 12.2 Å². The average molecular weight is 585 g/mol. The van der Waals surface area contributed by atoms with E-state index in [1.54, 1.807) is 0 Å². The molecule has 2 aromatic rings. The van der Waals surface area contributed by atoms with Crippen LogP contribution in [0.3, 0.4) is 0 Å². The first kappa shape index (κ1) is 31.7. The molecule has 4 bridgehead atoms. The first-order valence-electron chi connectivity index (χ1n) is 14.6. The fraction of sp³-hybridized carbons (Fsp3) is 0.562. The first-order valence-corrected chi connectivity index (χ1v) is 14.6. The summed E-state index contributed by atoms with van der Waals surface area (Å²) in [6.45, 7) is 11.6. The van der Waals surface area contributed by atoms with Crippen molar-refractivity contribution in [3.05, 3.63) is 58.7 Å². The SMILES string of the molecule is C[C@@H]1[C@@H]2Cc3ccc(O)cc3[C@@]1(C)CCN2.C[C@@H]1[C@@H]2Cc3ccc(O)cc3[C@@]1(C)CCN2.O=C(O)[C@@H](O)[C@H](O)C(=O)O. The van der Waals surface area contributed by atoms with Crippen LogP contribution < -0.4 is 10.6 Å². The molecule has 8 atom stereocenters. The van der Waals surface area contributed by atoms with Crippen molar-refractivity contribution in [3.8, 4) is 11.5 Å². The van der Waals surface area contributed by atoms with E-state index in [1.807, 2.05) is 24.3 Å². The smallest absolute Gasteiger partial charge is 0.335 e. The number of phenolic OH excluding ortho intramolecular Hbond substituents is 2. The minimum atomic E-state index is -2.27. The molecule has 2 aliphatic carbocycles. The van der Waals surface area contributed by atoms with Crippen molar-refractivity contribution in [2.45, 2.75) is 88.5 Å². The lowest BCUT2D eigenvalue weighted by molar-refractivity contribution is -0.165. The molecule has 2 saturated heterocycles. The number of fused-ring (bicyclic) bond motifs is 8. The Morgan fingerprint density at radius 1 is 0.738 bits per heavy atom. The van der Waals surface area contributed by atoms with Crippen molar-refractivity contribution in [2.24, 2.45) is 11.8 Å². The number of phenols is 2. The van der Waals surface area contributed by atoms with E-state index in [4.69, 9.17) is 20.4 Å². The van der Waals surface area contributed by atoms with Crippen molar-refractivity contribution in [3.63, 3.8) is 0 Å². The van der Waals surface area contributed by atoms with Gasteiger partial charge in [-0.3, -0.25) is 0 Å². The van der Waals surface area contributed by atoms with Crippen LogP contribution in [-0.2, 0) is 33.3 Å². The molecule has 8 N–H and O–H groups in total. The van der Waals surface area contributed by atoms with E-state index in [9.17, 15) is 19.8 Å². The number of aliphatic hydroxyl groups is 2. The zero-order valence-electron chi connectivity index (χ0n) is 24.7. The van der Waals surface area contributed by atoms with Gasteiger partial charge < -0.3 is 41.3 Å². The number of nitrogens with one attached hydrogen (secondary N) is 2. The van der Waals surface area contributed by atoms with Gasteiger partial charge in [-0.1, -0.05) is 39.8 Å². The summed E-state index contributed by atoms with van der Waals surface area (Å²) in [5, 5.41) is 59.1. The molecule has 0 radical (unpaired) electrons. The number of carboxylic acid groups (broad SMARTS) is 2. The van der Waals surface area contributed by atoms with E-state index in [1.165, 1.54) is 35.1 Å². The highest BCUT2D eigenvalue weighted by atomic mass is 16.4. The molecule has 42 heavy (non-hydrogen) atoms. The number of aliphatic hydroxyl groups excluding tert-OH is 2. The van der Waals surface area contributed by atoms with Crippen LogP contribution in [0.5, 0.6) is 11.5 Å². The molecule has 0 aromatic heterocycles. The van der Waals surface area contributed by atoms with Gasteiger partial charge in [0.25, 0.3) is 0 Å². The van der Waals surface area contributed by atoms with Gasteiger partial charge in [-0.15, -0.1) is 0 Å². The number of hydrogen-bond donors (Lipinski definition) is 8. The maximum atomic E-state index is 9.77. The number of piperidine rings is 2. The molecular weight excluding hydrogens is 540 g/mol. The van der Waals surface area contributed by atoms with Crippen molar-refractivity contribution >= 4 is 11.9 Å². The Morgan fingerprint density at radius 3 is 1.43 bits per heavy atom. The number of aromatic hydroxyl groups is 2. The molecule has 2 aliphatic heterocycles. The van der Waals surface area contributed by atoms with Gasteiger partial charge >= 0.3 is 11.9 Å². The van der Waals surface area contributed by atoms with Gasteiger partial charge in [-0.25, -0.2) is 9.59 Å². The summed E-state index contributed by atoms with van der Waals surface area (Å²) >= 11 is 0. The minimum absolute atomic E-state index is 0.238. The molecule has 2 heterocycles. The van der Waals surface area contributed by atoms with Gasteiger partial charge in [-0.2, -0.15) is 0 Å². The summed E-state index contributed by atoms with van der Waals surface area (Å²) in [5.41, 5.74) is 6.05. The Bertz CT molecular complexity index is 1220. The Hall–Kier alpha value is -3.18. The third-order valence-corrected chi connectivity index (χ3v) is 10.4. The fourth-order valence-corrected chi connectivity index (χ4v) is 7.28. The molecule has 230 valence electrons. The maximum Gasteiger partial charge on any atom is 0.335 e. The van der Waals surface area contributed by atoms with Crippen LogP contribution in [0, 0.1) is 11.8 Å². The van der Waals surface area contributed by atoms with Crippen LogP contribution >= 0.6 is 0 Å². The normalized spacial score (nSPS) is 31.9. The van der Waals surface area contributed by atoms with Crippen LogP contribution in [0.1, 0.15) is 62.8 Å². The molecule has 0 amide bonds. The molecule has 2 fully saturated rings. The van der Waals surface area contributed by atoms with E-state index in [0.29, 0.717) is 35.4 Å². The Labute approximate surface area is 246 Å². The molecule has 0 unspecified atom stereocenters. The van der Waals surface area contributed by atoms with E-state index in [0.717, 1.165) is 25.9 Å². The lowest BCUT2D eigenvalue weighted by Crippen LogP contribution is -2.56. The second kappa shape index (κ2) is 12.2. The molecule has 10 nitrogen and oxygen atoms in total. The highest BCUT2D eigenvalue weighted by Crippen LogP contribution is 2.47. The minimum Gasteiger partial charge on any atom is -0.508 e. The first-order chi connectivity index (χ1) is 19.7. The maximum absolute atomic E-state index is 9.77. The van der Waals surface area contributed by atoms with Crippen molar-refractivity contribution in [2.75, 3.05) is 13.1 Å². The summed E-state index contributed by atoms with van der Waals surface area (Å²) in [7, 11) is 0. The van der Waals surface area contributed by atoms with E-state index >= 15 is 0 Å². The molecular formula is C32H44N2O8. The molecule has 4 aliphatic rings. The molecule has 2 aromatic carbocycles. The highest BCUT2D eigenvalue weighted by Gasteiger charge is 2.46. The standard InChI is InChI=1S/2C14H19NO.C4H6O6/c2*1-9-13-7-10-3-4-11(16)8-12(10)14(9,2)5-6-15-13;5-1(3(7)8)2(6)4(9)10/h2*3-4,8-9,13,15-16H,5-7H2,1-2H3;1-2,5-6H,(H,7,8)(H,9,10)/t2*9-,13+,14+;1-,2-/m110/s1. The van der Waals surface area contributed by atoms with Gasteiger partial charge in [0, 0.05) is 12.1 Å². The van der Waals surface area contributed by atoms with Crippen LogP contribution in [0.15, 0.2) is 36.4 Å². The van der Waals surface area contributed by atoms with Gasteiger partial charge in [-0.05, 0) is 108 Å². The predicted molar refractivity (Wildman–Crippen MR) is 157 cm³/mol. The zero-order chi connectivity index (χ0) is 31.0. The second-order valence-electron chi connectivity index (χ2n) is 12.7. The summed E-state index contributed by atoms with van der Waals surface area (Å²) in [4.78, 5) is 19.5. The molecule has 10 heteroatoms. The number of carbonyl (C=O) groups is 2. The Balaban J connectivity index is 0.000000150. The third kappa shape index (κ3) is 5.99. The number of carboxylic acids is 2. The number of benzene rings is 2. The summed E-state index contributed by atoms with van der Waals surface area (Å²) < 4.78 is 0.